The van der Waals surface area contributed by atoms with E-state index in [0.29, 0.717) is 18.7 Å². The molecule has 5 heteroatoms. The number of hydrogen-bond donors (Lipinski definition) is 1. The molecule has 132 valence electrons. The van der Waals surface area contributed by atoms with Crippen LogP contribution in [0, 0.1) is 5.92 Å². The second-order valence-corrected chi connectivity index (χ2v) is 6.66. The Hall–Kier alpha value is -2.92. The lowest BCUT2D eigenvalue weighted by Crippen LogP contribution is -2.30. The number of para-hydroxylation sites is 1. The Labute approximate surface area is 152 Å². The number of nitrogens with zero attached hydrogens (tertiary/aromatic N) is 2. The standard InChI is InChI=1S/C21H20N2O3/c24-19-14-23(13-18(19)11-15-5-8-22-9-6-15)21(25)17-7-10-26-20-4-2-1-3-16(20)12-17/h1-10,12,18-19,24H,11,13-14H2/t18-,19+/m1/s1. The third kappa shape index (κ3) is 3.39. The van der Waals surface area contributed by atoms with Crippen molar-refractivity contribution in [3.05, 3.63) is 77.8 Å². The normalized spacial score (nSPS) is 21.6. The van der Waals surface area contributed by atoms with Crippen molar-refractivity contribution in [2.45, 2.75) is 12.5 Å². The average Bonchev–Trinajstić information content (AvgIpc) is 2.90. The summed E-state index contributed by atoms with van der Waals surface area (Å²) >= 11 is 0. The molecule has 1 saturated heterocycles. The van der Waals surface area contributed by atoms with E-state index in [2.05, 4.69) is 4.98 Å². The quantitative estimate of drug-likeness (QED) is 0.925. The number of hydrogen-bond acceptors (Lipinski definition) is 4. The zero-order valence-corrected chi connectivity index (χ0v) is 14.3. The molecule has 1 amide bonds. The maximum Gasteiger partial charge on any atom is 0.254 e. The van der Waals surface area contributed by atoms with Gasteiger partial charge < -0.3 is 14.7 Å². The van der Waals surface area contributed by atoms with Crippen LogP contribution in [0.2, 0.25) is 0 Å². The molecule has 0 radical (unpaired) electrons. The van der Waals surface area contributed by atoms with Gasteiger partial charge in [0.2, 0.25) is 0 Å². The van der Waals surface area contributed by atoms with E-state index < -0.39 is 6.10 Å². The van der Waals surface area contributed by atoms with Gasteiger partial charge in [0.25, 0.3) is 5.91 Å². The molecule has 2 aliphatic heterocycles. The van der Waals surface area contributed by atoms with Crippen LogP contribution in [-0.4, -0.2) is 40.1 Å². The highest BCUT2D eigenvalue weighted by Gasteiger charge is 2.34. The largest absolute Gasteiger partial charge is 0.464 e. The first-order chi connectivity index (χ1) is 12.7. The van der Waals surface area contributed by atoms with Gasteiger partial charge in [0.05, 0.1) is 12.4 Å². The number of fused-ring (bicyclic) bond motifs is 1. The summed E-state index contributed by atoms with van der Waals surface area (Å²) in [6.07, 6.45) is 8.77. The molecule has 26 heavy (non-hydrogen) atoms. The van der Waals surface area contributed by atoms with Crippen molar-refractivity contribution in [3.8, 4) is 5.75 Å². The summed E-state index contributed by atoms with van der Waals surface area (Å²) in [6.45, 7) is 0.887. The number of amides is 1. The van der Waals surface area contributed by atoms with Crippen molar-refractivity contribution in [2.75, 3.05) is 13.1 Å². The zero-order chi connectivity index (χ0) is 17.9. The molecule has 1 aromatic heterocycles. The molecule has 0 bridgehead atoms. The molecule has 5 nitrogen and oxygen atoms in total. The van der Waals surface area contributed by atoms with Crippen molar-refractivity contribution in [2.24, 2.45) is 5.92 Å². The van der Waals surface area contributed by atoms with E-state index >= 15 is 0 Å². The Kier molecular flexibility index (Phi) is 4.54. The minimum Gasteiger partial charge on any atom is -0.464 e. The van der Waals surface area contributed by atoms with E-state index in [1.807, 2.05) is 42.5 Å². The van der Waals surface area contributed by atoms with Gasteiger partial charge in [-0.15, -0.1) is 0 Å². The van der Waals surface area contributed by atoms with Crippen molar-refractivity contribution >= 4 is 12.0 Å². The predicted molar refractivity (Wildman–Crippen MR) is 98.2 cm³/mol. The van der Waals surface area contributed by atoms with Gasteiger partial charge in [-0.3, -0.25) is 9.78 Å². The third-order valence-electron chi connectivity index (χ3n) is 4.86. The highest BCUT2D eigenvalue weighted by Crippen LogP contribution is 2.27. The fourth-order valence-corrected chi connectivity index (χ4v) is 3.46. The van der Waals surface area contributed by atoms with Crippen LogP contribution in [0.25, 0.3) is 6.08 Å². The number of aliphatic hydroxyl groups is 1. The highest BCUT2D eigenvalue weighted by molar-refractivity contribution is 6.01. The molecule has 4 rings (SSSR count). The first-order valence-corrected chi connectivity index (χ1v) is 8.71. The van der Waals surface area contributed by atoms with Gasteiger partial charge in [-0.25, -0.2) is 0 Å². The van der Waals surface area contributed by atoms with E-state index in [9.17, 15) is 9.90 Å². The fourth-order valence-electron chi connectivity index (χ4n) is 3.46. The van der Waals surface area contributed by atoms with Crippen LogP contribution in [0.5, 0.6) is 5.75 Å². The average molecular weight is 348 g/mol. The van der Waals surface area contributed by atoms with Gasteiger partial charge in [0.15, 0.2) is 0 Å². The summed E-state index contributed by atoms with van der Waals surface area (Å²) in [4.78, 5) is 18.7. The van der Waals surface area contributed by atoms with E-state index in [0.717, 1.165) is 23.3 Å². The lowest BCUT2D eigenvalue weighted by molar-refractivity contribution is -0.126. The van der Waals surface area contributed by atoms with E-state index in [1.54, 1.807) is 23.4 Å². The first-order valence-electron chi connectivity index (χ1n) is 8.71. The summed E-state index contributed by atoms with van der Waals surface area (Å²) in [5, 5.41) is 10.4. The molecule has 1 N–H and O–H groups in total. The van der Waals surface area contributed by atoms with Gasteiger partial charge >= 0.3 is 0 Å². The SMILES string of the molecule is O=C(C1=Cc2ccccc2OC=C1)N1C[C@@H](Cc2ccncc2)[C@@H](O)C1. The lowest BCUT2D eigenvalue weighted by atomic mass is 9.97. The molecule has 2 aromatic rings. The molecule has 0 saturated carbocycles. The maximum atomic E-state index is 12.9. The maximum absolute atomic E-state index is 12.9. The Morgan fingerprint density at radius 2 is 2.00 bits per heavy atom. The van der Waals surface area contributed by atoms with Gasteiger partial charge in [0, 0.05) is 42.5 Å². The number of carbonyl (C=O) groups is 1. The number of aromatic nitrogens is 1. The number of aliphatic hydroxyl groups excluding tert-OH is 1. The summed E-state index contributed by atoms with van der Waals surface area (Å²) in [5.74, 6) is 0.668. The fraction of sp³-hybridized carbons (Fsp3) is 0.238. The first kappa shape index (κ1) is 16.5. The van der Waals surface area contributed by atoms with Crippen LogP contribution < -0.4 is 4.74 Å². The topological polar surface area (TPSA) is 62.7 Å². The molecule has 1 aromatic carbocycles. The third-order valence-corrected chi connectivity index (χ3v) is 4.86. The second kappa shape index (κ2) is 7.14. The molecule has 1 fully saturated rings. The minimum absolute atomic E-state index is 0.0280. The van der Waals surface area contributed by atoms with Gasteiger partial charge in [-0.2, -0.15) is 0 Å². The van der Waals surface area contributed by atoms with Crippen molar-refractivity contribution < 1.29 is 14.6 Å². The Balaban J connectivity index is 1.50. The highest BCUT2D eigenvalue weighted by atomic mass is 16.5. The van der Waals surface area contributed by atoms with Crippen LogP contribution >= 0.6 is 0 Å². The summed E-state index contributed by atoms with van der Waals surface area (Å²) in [7, 11) is 0. The Morgan fingerprint density at radius 1 is 1.19 bits per heavy atom. The van der Waals surface area contributed by atoms with E-state index in [1.165, 1.54) is 6.26 Å². The van der Waals surface area contributed by atoms with Gasteiger partial charge in [0.1, 0.15) is 5.75 Å². The monoisotopic (exact) mass is 348 g/mol. The number of rotatable bonds is 3. The minimum atomic E-state index is -0.522. The molecule has 2 aliphatic rings. The molecule has 0 spiro atoms. The number of likely N-dealkylation sites (tertiary alicyclic amines) is 1. The van der Waals surface area contributed by atoms with Gasteiger partial charge in [-0.1, -0.05) is 18.2 Å². The predicted octanol–water partition coefficient (Wildman–Crippen LogP) is 2.43. The zero-order valence-electron chi connectivity index (χ0n) is 14.3. The Bertz CT molecular complexity index is 861. The number of β-amino-alcohol motifs (C(OH)–C–C–N with tert-alkyl or cyclic N) is 1. The van der Waals surface area contributed by atoms with Gasteiger partial charge in [-0.05, 0) is 42.3 Å². The number of benzene rings is 1. The summed E-state index contributed by atoms with van der Waals surface area (Å²) in [6, 6.07) is 11.5. The molecular weight excluding hydrogens is 328 g/mol. The molecule has 0 aliphatic carbocycles. The molecule has 0 unspecified atom stereocenters. The number of pyridine rings is 1. The smallest absolute Gasteiger partial charge is 0.254 e. The lowest BCUT2D eigenvalue weighted by Gasteiger charge is -2.16. The number of ether oxygens (including phenoxy) is 1. The Morgan fingerprint density at radius 3 is 2.85 bits per heavy atom. The van der Waals surface area contributed by atoms with Crippen LogP contribution in [-0.2, 0) is 11.2 Å². The van der Waals surface area contributed by atoms with Crippen molar-refractivity contribution in [1.29, 1.82) is 0 Å². The van der Waals surface area contributed by atoms with Crippen LogP contribution in [0.3, 0.4) is 0 Å². The van der Waals surface area contributed by atoms with E-state index in [4.69, 9.17) is 4.74 Å². The van der Waals surface area contributed by atoms with Crippen molar-refractivity contribution in [3.63, 3.8) is 0 Å². The van der Waals surface area contributed by atoms with E-state index in [-0.39, 0.29) is 11.8 Å². The summed E-state index contributed by atoms with van der Waals surface area (Å²) < 4.78 is 5.55. The van der Waals surface area contributed by atoms with Crippen LogP contribution in [0.4, 0.5) is 0 Å². The number of carbonyl (C=O) groups excluding carboxylic acids is 1. The molecule has 2 atom stereocenters. The second-order valence-electron chi connectivity index (χ2n) is 6.66. The molecule has 3 heterocycles. The van der Waals surface area contributed by atoms with Crippen LogP contribution in [0.1, 0.15) is 11.1 Å². The van der Waals surface area contributed by atoms with Crippen LogP contribution in [0.15, 0.2) is 66.7 Å². The summed E-state index contributed by atoms with van der Waals surface area (Å²) in [5.41, 5.74) is 2.55. The molecular formula is C21H20N2O3. The van der Waals surface area contributed by atoms with Crippen molar-refractivity contribution in [1.82, 2.24) is 9.88 Å².